The fraction of sp³-hybridized carbons (Fsp3) is 0.500. The van der Waals surface area contributed by atoms with Gasteiger partial charge in [0.25, 0.3) is 0 Å². The molecule has 3 aliphatic heterocycles. The van der Waals surface area contributed by atoms with Gasteiger partial charge in [-0.2, -0.15) is 0 Å². The lowest BCUT2D eigenvalue weighted by Gasteiger charge is -2.30. The highest BCUT2D eigenvalue weighted by Crippen LogP contribution is 2.47. The second kappa shape index (κ2) is 9.33. The van der Waals surface area contributed by atoms with Gasteiger partial charge in [0.05, 0.1) is 19.8 Å². The first kappa shape index (κ1) is 22.2. The third-order valence-corrected chi connectivity index (χ3v) is 6.33. The van der Waals surface area contributed by atoms with Crippen LogP contribution in [0.1, 0.15) is 31.4 Å². The van der Waals surface area contributed by atoms with Gasteiger partial charge in [0.2, 0.25) is 0 Å². The maximum atomic E-state index is 12.5. The van der Waals surface area contributed by atoms with E-state index in [1.54, 1.807) is 0 Å². The number of hydrogen-bond donors (Lipinski definition) is 0. The van der Waals surface area contributed by atoms with Gasteiger partial charge in [-0.3, -0.25) is 0 Å². The fourth-order valence-corrected chi connectivity index (χ4v) is 4.01. The number of rotatable bonds is 12. The number of ether oxygens (including phenoxy) is 6. The van der Waals surface area contributed by atoms with Crippen LogP contribution in [0.25, 0.3) is 0 Å². The topological polar surface area (TPSA) is 82.4 Å². The van der Waals surface area contributed by atoms with Crippen LogP contribution in [0.15, 0.2) is 48.5 Å². The summed E-state index contributed by atoms with van der Waals surface area (Å²) >= 11 is 0. The van der Waals surface area contributed by atoms with Crippen LogP contribution < -0.4 is 9.47 Å². The molecule has 3 aliphatic rings. The van der Waals surface area contributed by atoms with E-state index in [2.05, 4.69) is 6.92 Å². The molecule has 4 unspecified atom stereocenters. The average molecular weight is 455 g/mol. The van der Waals surface area contributed by atoms with Crippen LogP contribution in [0.3, 0.4) is 0 Å². The van der Waals surface area contributed by atoms with Crippen molar-refractivity contribution in [2.45, 2.75) is 50.1 Å². The molecule has 176 valence electrons. The highest BCUT2D eigenvalue weighted by Gasteiger charge is 2.58. The normalized spacial score (nSPS) is 26.7. The maximum absolute atomic E-state index is 12.5. The molecule has 0 N–H and O–H groups in total. The van der Waals surface area contributed by atoms with Gasteiger partial charge in [-0.15, -0.1) is 0 Å². The second-order valence-electron chi connectivity index (χ2n) is 8.93. The number of epoxide rings is 3. The Labute approximate surface area is 193 Å². The number of carbonyl (C=O) groups excluding carboxylic acids is 1. The van der Waals surface area contributed by atoms with Crippen LogP contribution in [0.5, 0.6) is 11.5 Å². The van der Waals surface area contributed by atoms with Crippen LogP contribution in [-0.2, 0) is 29.2 Å². The average Bonchev–Trinajstić information content (AvgIpc) is 3.71. The van der Waals surface area contributed by atoms with Crippen LogP contribution in [0.4, 0.5) is 0 Å². The van der Waals surface area contributed by atoms with Crippen molar-refractivity contribution < 1.29 is 33.2 Å². The SMILES string of the molecule is CCCOC(=O)C1OC1C(C)(c1ccc(OCC2CO2)cc1)c1ccc(OCC2CO2)cc1. The quantitative estimate of drug-likeness (QED) is 0.360. The zero-order valence-electron chi connectivity index (χ0n) is 19.0. The summed E-state index contributed by atoms with van der Waals surface area (Å²) in [6, 6.07) is 16.0. The minimum Gasteiger partial charge on any atom is -0.491 e. The summed E-state index contributed by atoms with van der Waals surface area (Å²) in [4.78, 5) is 12.5. The van der Waals surface area contributed by atoms with Gasteiger partial charge >= 0.3 is 5.97 Å². The Morgan fingerprint density at radius 2 is 1.39 bits per heavy atom. The van der Waals surface area contributed by atoms with Crippen LogP contribution in [-0.4, -0.2) is 63.4 Å². The summed E-state index contributed by atoms with van der Waals surface area (Å²) in [7, 11) is 0. The molecular weight excluding hydrogens is 424 g/mol. The van der Waals surface area contributed by atoms with E-state index in [4.69, 9.17) is 28.4 Å². The summed E-state index contributed by atoms with van der Waals surface area (Å²) in [6.45, 7) is 7.11. The summed E-state index contributed by atoms with van der Waals surface area (Å²) < 4.78 is 33.3. The first-order chi connectivity index (χ1) is 16.1. The van der Waals surface area contributed by atoms with Gasteiger partial charge in [0.1, 0.15) is 43.0 Å². The van der Waals surface area contributed by atoms with Crippen molar-refractivity contribution in [2.75, 3.05) is 33.0 Å². The molecule has 7 heteroatoms. The smallest absolute Gasteiger partial charge is 0.338 e. The number of benzene rings is 2. The van der Waals surface area contributed by atoms with Crippen molar-refractivity contribution in [1.29, 1.82) is 0 Å². The highest BCUT2D eigenvalue weighted by molar-refractivity contribution is 5.79. The number of carbonyl (C=O) groups is 1. The van der Waals surface area contributed by atoms with Crippen LogP contribution in [0.2, 0.25) is 0 Å². The van der Waals surface area contributed by atoms with Crippen LogP contribution >= 0.6 is 0 Å². The van der Waals surface area contributed by atoms with Gasteiger partial charge in [-0.1, -0.05) is 31.2 Å². The summed E-state index contributed by atoms with van der Waals surface area (Å²) in [6.07, 6.45) is 0.294. The molecule has 3 heterocycles. The Bertz CT molecular complexity index is 888. The predicted octanol–water partition coefficient (Wildman–Crippen LogP) is 3.27. The number of esters is 1. The van der Waals surface area contributed by atoms with Crippen molar-refractivity contribution in [2.24, 2.45) is 0 Å². The Morgan fingerprint density at radius 3 is 1.82 bits per heavy atom. The fourth-order valence-electron chi connectivity index (χ4n) is 4.01. The molecule has 2 aromatic carbocycles. The van der Waals surface area contributed by atoms with E-state index >= 15 is 0 Å². The molecule has 0 radical (unpaired) electrons. The largest absolute Gasteiger partial charge is 0.491 e. The zero-order chi connectivity index (χ0) is 22.8. The molecule has 0 saturated carbocycles. The molecule has 3 saturated heterocycles. The van der Waals surface area contributed by atoms with Gasteiger partial charge in [-0.05, 0) is 48.7 Å². The zero-order valence-corrected chi connectivity index (χ0v) is 19.0. The lowest BCUT2D eigenvalue weighted by atomic mass is 9.72. The summed E-state index contributed by atoms with van der Waals surface area (Å²) in [5.74, 6) is 1.28. The lowest BCUT2D eigenvalue weighted by molar-refractivity contribution is -0.145. The molecule has 2 aromatic rings. The van der Waals surface area contributed by atoms with Gasteiger partial charge in [0.15, 0.2) is 6.10 Å². The molecule has 3 fully saturated rings. The van der Waals surface area contributed by atoms with E-state index in [1.807, 2.05) is 55.5 Å². The monoisotopic (exact) mass is 454 g/mol. The van der Waals surface area contributed by atoms with Crippen molar-refractivity contribution >= 4 is 5.97 Å². The molecule has 33 heavy (non-hydrogen) atoms. The van der Waals surface area contributed by atoms with Crippen molar-refractivity contribution in [3.8, 4) is 11.5 Å². The second-order valence-corrected chi connectivity index (χ2v) is 8.93. The molecule has 0 aromatic heterocycles. The van der Waals surface area contributed by atoms with Gasteiger partial charge in [0, 0.05) is 5.41 Å². The summed E-state index contributed by atoms with van der Waals surface area (Å²) in [5, 5.41) is 0. The molecule has 0 amide bonds. The standard InChI is InChI=1S/C26H30O7/c1-3-12-28-25(27)23-24(33-23)26(2,17-4-8-19(9-5-17)29-13-21-15-31-21)18-6-10-20(11-7-18)30-14-22-16-32-22/h4-11,21-24H,3,12-16H2,1-2H3. The molecular formula is C26H30O7. The van der Waals surface area contributed by atoms with E-state index in [1.165, 1.54) is 0 Å². The molecule has 0 bridgehead atoms. The Balaban J connectivity index is 1.36. The Morgan fingerprint density at radius 1 is 0.909 bits per heavy atom. The molecule has 7 nitrogen and oxygen atoms in total. The number of hydrogen-bond acceptors (Lipinski definition) is 7. The van der Waals surface area contributed by atoms with E-state index < -0.39 is 11.5 Å². The molecule has 4 atom stereocenters. The third-order valence-electron chi connectivity index (χ3n) is 6.33. The molecule has 5 rings (SSSR count). The van der Waals surface area contributed by atoms with E-state index in [-0.39, 0.29) is 24.3 Å². The maximum Gasteiger partial charge on any atom is 0.338 e. The van der Waals surface area contributed by atoms with Crippen molar-refractivity contribution in [3.63, 3.8) is 0 Å². The first-order valence-electron chi connectivity index (χ1n) is 11.6. The van der Waals surface area contributed by atoms with Crippen molar-refractivity contribution in [3.05, 3.63) is 59.7 Å². The Kier molecular flexibility index (Phi) is 6.27. The first-order valence-corrected chi connectivity index (χ1v) is 11.6. The molecule has 0 spiro atoms. The van der Waals surface area contributed by atoms with Crippen LogP contribution in [0, 0.1) is 0 Å². The van der Waals surface area contributed by atoms with Gasteiger partial charge < -0.3 is 28.4 Å². The van der Waals surface area contributed by atoms with Gasteiger partial charge in [-0.25, -0.2) is 4.79 Å². The summed E-state index contributed by atoms with van der Waals surface area (Å²) in [5.41, 5.74) is 1.52. The Hall–Kier alpha value is -2.61. The van der Waals surface area contributed by atoms with E-state index in [9.17, 15) is 4.79 Å². The minimum absolute atomic E-state index is 0.205. The van der Waals surface area contributed by atoms with Crippen molar-refractivity contribution in [1.82, 2.24) is 0 Å². The highest BCUT2D eigenvalue weighted by atomic mass is 16.6. The molecule has 0 aliphatic carbocycles. The third kappa shape index (κ3) is 5.16. The van der Waals surface area contributed by atoms with E-state index in [0.29, 0.717) is 19.8 Å². The minimum atomic E-state index is -0.576. The lowest BCUT2D eigenvalue weighted by Crippen LogP contribution is -2.33. The predicted molar refractivity (Wildman–Crippen MR) is 120 cm³/mol. The van der Waals surface area contributed by atoms with E-state index in [0.717, 1.165) is 42.3 Å².